The molecule has 0 radical (unpaired) electrons. The second-order valence-corrected chi connectivity index (χ2v) is 5.23. The second kappa shape index (κ2) is 5.75. The molecule has 6 heteroatoms. The fraction of sp³-hybridized carbons (Fsp3) is 0.167. The zero-order valence-electron chi connectivity index (χ0n) is 9.45. The van der Waals surface area contributed by atoms with E-state index in [4.69, 9.17) is 4.74 Å². The first-order chi connectivity index (χ1) is 8.56. The minimum absolute atomic E-state index is 0.372. The van der Waals surface area contributed by atoms with Gasteiger partial charge in [0.25, 0.3) is 0 Å². The fourth-order valence-electron chi connectivity index (χ4n) is 1.36. The first kappa shape index (κ1) is 13.4. The molecular weight excluding hydrogens is 367 g/mol. The normalized spacial score (nSPS) is 10.4. The second-order valence-electron chi connectivity index (χ2n) is 3.51. The van der Waals surface area contributed by atoms with Crippen LogP contribution in [0.1, 0.15) is 12.7 Å². The molecule has 0 atom stereocenters. The lowest BCUT2D eigenvalue weighted by atomic mass is 10.3. The van der Waals surface area contributed by atoms with Gasteiger partial charge in [0.1, 0.15) is 22.0 Å². The molecule has 18 heavy (non-hydrogen) atoms. The highest BCUT2D eigenvalue weighted by Crippen LogP contribution is 2.26. The molecule has 0 amide bonds. The van der Waals surface area contributed by atoms with E-state index in [1.165, 1.54) is 12.1 Å². The molecule has 2 aromatic rings. The third-order valence-corrected chi connectivity index (χ3v) is 2.96. The molecule has 0 unspecified atom stereocenters. The molecule has 1 aromatic carbocycles. The van der Waals surface area contributed by atoms with E-state index in [0.717, 1.165) is 0 Å². The number of aromatic nitrogens is 2. The summed E-state index contributed by atoms with van der Waals surface area (Å²) >= 11 is 6.49. The van der Waals surface area contributed by atoms with Gasteiger partial charge in [0, 0.05) is 23.0 Å². The number of halogens is 3. The van der Waals surface area contributed by atoms with Crippen LogP contribution in [0.25, 0.3) is 0 Å². The molecule has 0 N–H and O–H groups in total. The van der Waals surface area contributed by atoms with Gasteiger partial charge in [0.2, 0.25) is 5.88 Å². The molecule has 1 heterocycles. The van der Waals surface area contributed by atoms with E-state index in [0.29, 0.717) is 33.0 Å². The van der Waals surface area contributed by atoms with Gasteiger partial charge in [-0.3, -0.25) is 0 Å². The Labute approximate surface area is 121 Å². The molecule has 0 fully saturated rings. The van der Waals surface area contributed by atoms with Gasteiger partial charge in [-0.25, -0.2) is 9.37 Å². The zero-order chi connectivity index (χ0) is 13.1. The van der Waals surface area contributed by atoms with Crippen LogP contribution < -0.4 is 4.74 Å². The Balaban J connectivity index is 2.30. The number of benzene rings is 1. The van der Waals surface area contributed by atoms with Crippen molar-refractivity contribution in [3.05, 3.63) is 45.0 Å². The molecule has 2 rings (SSSR count). The van der Waals surface area contributed by atoms with Crippen molar-refractivity contribution in [3.63, 3.8) is 0 Å². The summed E-state index contributed by atoms with van der Waals surface area (Å²) in [6.45, 7) is 1.95. The number of ether oxygens (including phenoxy) is 1. The Kier molecular flexibility index (Phi) is 4.29. The number of hydrogen-bond donors (Lipinski definition) is 0. The predicted molar refractivity (Wildman–Crippen MR) is 73.3 cm³/mol. The van der Waals surface area contributed by atoms with Crippen LogP contribution in [0.2, 0.25) is 0 Å². The third kappa shape index (κ3) is 3.49. The smallest absolute Gasteiger partial charge is 0.223 e. The van der Waals surface area contributed by atoms with E-state index in [-0.39, 0.29) is 5.82 Å². The predicted octanol–water partition coefficient (Wildman–Crippen LogP) is 4.50. The molecule has 0 aliphatic carbocycles. The SMILES string of the molecule is CCc1nc(Br)cc(Oc2cc(F)cc(Br)c2)n1. The van der Waals surface area contributed by atoms with Crippen LogP contribution in [-0.4, -0.2) is 9.97 Å². The molecule has 0 aliphatic rings. The monoisotopic (exact) mass is 374 g/mol. The first-order valence-electron chi connectivity index (χ1n) is 5.24. The van der Waals surface area contributed by atoms with Crippen LogP contribution in [0, 0.1) is 5.82 Å². The fourth-order valence-corrected chi connectivity index (χ4v) is 2.21. The standard InChI is InChI=1S/C12H9Br2FN2O/c1-2-11-16-10(14)6-12(17-11)18-9-4-7(13)3-8(15)5-9/h3-6H,2H2,1H3. The molecule has 0 saturated carbocycles. The maximum absolute atomic E-state index is 13.2. The van der Waals surface area contributed by atoms with Gasteiger partial charge in [-0.1, -0.05) is 22.9 Å². The van der Waals surface area contributed by atoms with Crippen molar-refractivity contribution in [3.8, 4) is 11.6 Å². The van der Waals surface area contributed by atoms with Crippen molar-refractivity contribution in [2.75, 3.05) is 0 Å². The average Bonchev–Trinajstić information content (AvgIpc) is 2.26. The maximum Gasteiger partial charge on any atom is 0.223 e. The summed E-state index contributed by atoms with van der Waals surface area (Å²) in [6, 6.07) is 5.97. The summed E-state index contributed by atoms with van der Waals surface area (Å²) in [5.74, 6) is 1.05. The minimum atomic E-state index is -0.372. The number of rotatable bonds is 3. The summed E-state index contributed by atoms with van der Waals surface area (Å²) in [6.07, 6.45) is 0.697. The van der Waals surface area contributed by atoms with E-state index < -0.39 is 0 Å². The molecular formula is C12H9Br2FN2O. The van der Waals surface area contributed by atoms with E-state index in [1.54, 1.807) is 12.1 Å². The Morgan fingerprint density at radius 1 is 1.17 bits per heavy atom. The third-order valence-electron chi connectivity index (χ3n) is 2.09. The van der Waals surface area contributed by atoms with E-state index >= 15 is 0 Å². The largest absolute Gasteiger partial charge is 0.439 e. The van der Waals surface area contributed by atoms with Crippen LogP contribution in [0.3, 0.4) is 0 Å². The summed E-state index contributed by atoms with van der Waals surface area (Å²) in [4.78, 5) is 8.38. The zero-order valence-corrected chi connectivity index (χ0v) is 12.6. The van der Waals surface area contributed by atoms with Crippen molar-refractivity contribution in [2.45, 2.75) is 13.3 Å². The number of nitrogens with zero attached hydrogens (tertiary/aromatic N) is 2. The van der Waals surface area contributed by atoms with Gasteiger partial charge in [-0.05, 0) is 28.1 Å². The van der Waals surface area contributed by atoms with Gasteiger partial charge in [-0.15, -0.1) is 0 Å². The van der Waals surface area contributed by atoms with Crippen LogP contribution >= 0.6 is 31.9 Å². The highest BCUT2D eigenvalue weighted by molar-refractivity contribution is 9.10. The lowest BCUT2D eigenvalue weighted by molar-refractivity contribution is 0.453. The minimum Gasteiger partial charge on any atom is -0.439 e. The van der Waals surface area contributed by atoms with Crippen molar-refractivity contribution in [1.29, 1.82) is 0 Å². The van der Waals surface area contributed by atoms with Crippen LogP contribution in [0.4, 0.5) is 4.39 Å². The molecule has 94 valence electrons. The molecule has 0 saturated heterocycles. The first-order valence-corrected chi connectivity index (χ1v) is 6.83. The van der Waals surface area contributed by atoms with E-state index in [1.807, 2.05) is 6.92 Å². The Hall–Kier alpha value is -1.01. The summed E-state index contributed by atoms with van der Waals surface area (Å²) < 4.78 is 20.0. The molecule has 1 aromatic heterocycles. The Bertz CT molecular complexity index is 558. The van der Waals surface area contributed by atoms with Gasteiger partial charge in [0.05, 0.1) is 0 Å². The van der Waals surface area contributed by atoms with Gasteiger partial charge < -0.3 is 4.74 Å². The van der Waals surface area contributed by atoms with Crippen molar-refractivity contribution in [1.82, 2.24) is 9.97 Å². The Morgan fingerprint density at radius 2 is 1.94 bits per heavy atom. The molecule has 3 nitrogen and oxygen atoms in total. The van der Waals surface area contributed by atoms with Crippen molar-refractivity contribution < 1.29 is 9.13 Å². The maximum atomic E-state index is 13.2. The van der Waals surface area contributed by atoms with Crippen LogP contribution in [-0.2, 0) is 6.42 Å². The quantitative estimate of drug-likeness (QED) is 0.741. The summed E-state index contributed by atoms with van der Waals surface area (Å²) in [5.41, 5.74) is 0. The van der Waals surface area contributed by atoms with E-state index in [9.17, 15) is 4.39 Å². The highest BCUT2D eigenvalue weighted by Gasteiger charge is 2.06. The number of hydrogen-bond acceptors (Lipinski definition) is 3. The van der Waals surface area contributed by atoms with Crippen molar-refractivity contribution in [2.24, 2.45) is 0 Å². The molecule has 0 spiro atoms. The van der Waals surface area contributed by atoms with Crippen LogP contribution in [0.5, 0.6) is 11.6 Å². The molecule has 0 bridgehead atoms. The van der Waals surface area contributed by atoms with Crippen LogP contribution in [0.15, 0.2) is 33.3 Å². The summed E-state index contributed by atoms with van der Waals surface area (Å²) in [7, 11) is 0. The topological polar surface area (TPSA) is 35.0 Å². The van der Waals surface area contributed by atoms with Gasteiger partial charge >= 0.3 is 0 Å². The summed E-state index contributed by atoms with van der Waals surface area (Å²) in [5, 5.41) is 0. The lowest BCUT2D eigenvalue weighted by Crippen LogP contribution is -1.96. The van der Waals surface area contributed by atoms with Crippen molar-refractivity contribution >= 4 is 31.9 Å². The average molecular weight is 376 g/mol. The van der Waals surface area contributed by atoms with E-state index in [2.05, 4.69) is 41.8 Å². The lowest BCUT2D eigenvalue weighted by Gasteiger charge is -2.07. The molecule has 0 aliphatic heterocycles. The number of aryl methyl sites for hydroxylation is 1. The highest BCUT2D eigenvalue weighted by atomic mass is 79.9. The van der Waals surface area contributed by atoms with Gasteiger partial charge in [0.15, 0.2) is 0 Å². The van der Waals surface area contributed by atoms with Gasteiger partial charge in [-0.2, -0.15) is 4.98 Å². The Morgan fingerprint density at radius 3 is 2.61 bits per heavy atom.